The molecule has 2 aromatic heterocycles. The van der Waals surface area contributed by atoms with Crippen LogP contribution in [-0.4, -0.2) is 33.9 Å². The number of carbonyl (C=O) groups excluding carboxylic acids is 3. The Hall–Kier alpha value is -4.59. The maximum absolute atomic E-state index is 13.1. The van der Waals surface area contributed by atoms with E-state index in [9.17, 15) is 14.4 Å². The fourth-order valence-electron chi connectivity index (χ4n) is 4.02. The summed E-state index contributed by atoms with van der Waals surface area (Å²) in [6.45, 7) is 2.97. The minimum atomic E-state index is -0.774. The number of furan rings is 1. The highest BCUT2D eigenvalue weighted by atomic mass is 16.5. The number of aryl methyl sites for hydroxylation is 1. The predicted octanol–water partition coefficient (Wildman–Crippen LogP) is 4.28. The van der Waals surface area contributed by atoms with Crippen molar-refractivity contribution in [2.45, 2.75) is 20.0 Å². The Morgan fingerprint density at radius 1 is 1.00 bits per heavy atom. The summed E-state index contributed by atoms with van der Waals surface area (Å²) in [5.74, 6) is -0.169. The summed E-state index contributed by atoms with van der Waals surface area (Å²) in [5, 5.41) is 3.12. The number of urea groups is 1. The Morgan fingerprint density at radius 2 is 1.80 bits per heavy atom. The number of hydrogen-bond donors (Lipinski definition) is 1. The second kappa shape index (κ2) is 9.34. The third-order valence-electron chi connectivity index (χ3n) is 5.82. The highest BCUT2D eigenvalue weighted by molar-refractivity contribution is 6.31. The molecule has 35 heavy (non-hydrogen) atoms. The van der Waals surface area contributed by atoms with Crippen LogP contribution in [0, 0.1) is 6.92 Å². The predicted molar refractivity (Wildman–Crippen MR) is 129 cm³/mol. The van der Waals surface area contributed by atoms with E-state index in [2.05, 4.69) is 5.32 Å². The molecule has 0 unspecified atom stereocenters. The van der Waals surface area contributed by atoms with Crippen LogP contribution in [0.2, 0.25) is 0 Å². The first-order valence-corrected chi connectivity index (χ1v) is 11.2. The van der Waals surface area contributed by atoms with E-state index in [0.717, 1.165) is 27.1 Å². The molecular formula is C27H23N3O5. The highest BCUT2D eigenvalue weighted by Crippen LogP contribution is 2.25. The molecule has 3 heterocycles. The van der Waals surface area contributed by atoms with Gasteiger partial charge in [0.15, 0.2) is 0 Å². The standard InChI is InChI=1S/C27H23N3O5/c1-18-8-10-20(11-9-18)35-14-12-29-16-19(22-6-2-3-7-24(22)29)15-23-25(31)28-27(33)30(26(23)32)17-21-5-4-13-34-21/h2-11,13,15-16H,12,14,17H2,1H3,(H,28,31,33). The van der Waals surface area contributed by atoms with Gasteiger partial charge in [0, 0.05) is 22.7 Å². The molecule has 0 saturated carbocycles. The molecular weight excluding hydrogens is 446 g/mol. The number of imide groups is 2. The normalized spacial score (nSPS) is 15.2. The Labute approximate surface area is 201 Å². The molecule has 0 radical (unpaired) electrons. The summed E-state index contributed by atoms with van der Waals surface area (Å²) < 4.78 is 13.2. The molecule has 1 aliphatic rings. The first-order chi connectivity index (χ1) is 17.0. The van der Waals surface area contributed by atoms with Crippen LogP contribution in [0.15, 0.2) is 83.1 Å². The lowest BCUT2D eigenvalue weighted by molar-refractivity contribution is -0.130. The molecule has 4 aromatic rings. The third kappa shape index (κ3) is 4.59. The number of nitrogens with zero attached hydrogens (tertiary/aromatic N) is 2. The number of fused-ring (bicyclic) bond motifs is 1. The van der Waals surface area contributed by atoms with Crippen molar-refractivity contribution in [1.82, 2.24) is 14.8 Å². The molecule has 0 spiro atoms. The number of hydrogen-bond acceptors (Lipinski definition) is 5. The van der Waals surface area contributed by atoms with Gasteiger partial charge in [0.25, 0.3) is 11.8 Å². The maximum Gasteiger partial charge on any atom is 0.331 e. The van der Waals surface area contributed by atoms with Gasteiger partial charge < -0.3 is 13.7 Å². The second-order valence-corrected chi connectivity index (χ2v) is 8.24. The number of ether oxygens (including phenoxy) is 1. The van der Waals surface area contributed by atoms with Crippen LogP contribution in [0.5, 0.6) is 5.75 Å². The smallest absolute Gasteiger partial charge is 0.331 e. The van der Waals surface area contributed by atoms with Gasteiger partial charge in [-0.1, -0.05) is 35.9 Å². The van der Waals surface area contributed by atoms with Crippen LogP contribution in [0.1, 0.15) is 16.9 Å². The van der Waals surface area contributed by atoms with Gasteiger partial charge in [-0.2, -0.15) is 0 Å². The van der Waals surface area contributed by atoms with Crippen molar-refractivity contribution >= 4 is 34.8 Å². The van der Waals surface area contributed by atoms with Crippen molar-refractivity contribution in [2.24, 2.45) is 0 Å². The van der Waals surface area contributed by atoms with E-state index >= 15 is 0 Å². The topological polar surface area (TPSA) is 93.8 Å². The van der Waals surface area contributed by atoms with E-state index in [-0.39, 0.29) is 12.1 Å². The lowest BCUT2D eigenvalue weighted by Gasteiger charge is -2.25. The minimum Gasteiger partial charge on any atom is -0.492 e. The fraction of sp³-hybridized carbons (Fsp3) is 0.148. The zero-order valence-electron chi connectivity index (χ0n) is 19.1. The number of para-hydroxylation sites is 1. The zero-order chi connectivity index (χ0) is 24.4. The Balaban J connectivity index is 1.41. The summed E-state index contributed by atoms with van der Waals surface area (Å²) in [6.07, 6.45) is 4.86. The van der Waals surface area contributed by atoms with E-state index in [4.69, 9.17) is 9.15 Å². The number of rotatable bonds is 7. The van der Waals surface area contributed by atoms with Crippen molar-refractivity contribution < 1.29 is 23.5 Å². The SMILES string of the molecule is Cc1ccc(OCCn2cc(C=C3C(=O)NC(=O)N(Cc4ccco4)C3=O)c3ccccc32)cc1. The van der Waals surface area contributed by atoms with Crippen LogP contribution >= 0.6 is 0 Å². The fourth-order valence-corrected chi connectivity index (χ4v) is 4.02. The molecule has 1 aliphatic heterocycles. The Kier molecular flexibility index (Phi) is 5.93. The maximum atomic E-state index is 13.1. The van der Waals surface area contributed by atoms with Crippen molar-refractivity contribution in [1.29, 1.82) is 0 Å². The second-order valence-electron chi connectivity index (χ2n) is 8.24. The van der Waals surface area contributed by atoms with E-state index in [1.54, 1.807) is 12.1 Å². The number of aromatic nitrogens is 1. The number of amides is 4. The van der Waals surface area contributed by atoms with E-state index in [1.807, 2.05) is 66.2 Å². The molecule has 1 N–H and O–H groups in total. The number of benzene rings is 2. The molecule has 1 saturated heterocycles. The molecule has 1 fully saturated rings. The quantitative estimate of drug-likeness (QED) is 0.322. The van der Waals surface area contributed by atoms with Gasteiger partial charge in [-0.05, 0) is 43.3 Å². The summed E-state index contributed by atoms with van der Waals surface area (Å²) in [5.41, 5.74) is 2.69. The van der Waals surface area contributed by atoms with Crippen molar-refractivity contribution in [3.8, 4) is 5.75 Å². The largest absolute Gasteiger partial charge is 0.492 e. The van der Waals surface area contributed by atoms with Gasteiger partial charge in [0.1, 0.15) is 23.7 Å². The lowest BCUT2D eigenvalue weighted by Crippen LogP contribution is -2.53. The summed E-state index contributed by atoms with van der Waals surface area (Å²) >= 11 is 0. The number of nitrogens with one attached hydrogen (secondary N) is 1. The van der Waals surface area contributed by atoms with Crippen molar-refractivity contribution in [3.05, 3.63) is 95.6 Å². The van der Waals surface area contributed by atoms with Gasteiger partial charge in [-0.25, -0.2) is 4.79 Å². The van der Waals surface area contributed by atoms with Gasteiger partial charge in [-0.15, -0.1) is 0 Å². The highest BCUT2D eigenvalue weighted by Gasteiger charge is 2.36. The monoisotopic (exact) mass is 469 g/mol. The number of barbiturate groups is 1. The third-order valence-corrected chi connectivity index (χ3v) is 5.82. The van der Waals surface area contributed by atoms with Crippen LogP contribution in [0.25, 0.3) is 17.0 Å². The molecule has 2 aromatic carbocycles. The number of carbonyl (C=O) groups is 3. The van der Waals surface area contributed by atoms with Crippen LogP contribution in [-0.2, 0) is 22.7 Å². The average molecular weight is 469 g/mol. The Bertz CT molecular complexity index is 1430. The van der Waals surface area contributed by atoms with E-state index in [1.165, 1.54) is 12.3 Å². The molecule has 0 atom stereocenters. The average Bonchev–Trinajstić information content (AvgIpc) is 3.49. The van der Waals surface area contributed by atoms with Crippen LogP contribution < -0.4 is 10.1 Å². The van der Waals surface area contributed by atoms with Gasteiger partial charge in [0.2, 0.25) is 0 Å². The first-order valence-electron chi connectivity index (χ1n) is 11.2. The molecule has 5 rings (SSSR count). The van der Waals surface area contributed by atoms with Crippen LogP contribution in [0.4, 0.5) is 4.79 Å². The van der Waals surface area contributed by atoms with E-state index in [0.29, 0.717) is 24.5 Å². The molecule has 0 aliphatic carbocycles. The Morgan fingerprint density at radius 3 is 2.57 bits per heavy atom. The van der Waals surface area contributed by atoms with Crippen molar-refractivity contribution in [2.75, 3.05) is 6.61 Å². The van der Waals surface area contributed by atoms with Gasteiger partial charge in [0.05, 0.1) is 19.4 Å². The molecule has 4 amide bonds. The first kappa shape index (κ1) is 22.2. The molecule has 8 nitrogen and oxygen atoms in total. The van der Waals surface area contributed by atoms with Gasteiger partial charge >= 0.3 is 6.03 Å². The molecule has 176 valence electrons. The lowest BCUT2D eigenvalue weighted by atomic mass is 10.1. The molecule has 8 heteroatoms. The van der Waals surface area contributed by atoms with E-state index < -0.39 is 17.8 Å². The van der Waals surface area contributed by atoms with Gasteiger partial charge in [-0.3, -0.25) is 19.8 Å². The molecule has 0 bridgehead atoms. The van der Waals surface area contributed by atoms with Crippen LogP contribution in [0.3, 0.4) is 0 Å². The summed E-state index contributed by atoms with van der Waals surface area (Å²) in [6, 6.07) is 18.1. The van der Waals surface area contributed by atoms with Crippen molar-refractivity contribution in [3.63, 3.8) is 0 Å². The summed E-state index contributed by atoms with van der Waals surface area (Å²) in [4.78, 5) is 38.9. The zero-order valence-corrected chi connectivity index (χ0v) is 19.1. The summed E-state index contributed by atoms with van der Waals surface area (Å²) in [7, 11) is 0. The minimum absolute atomic E-state index is 0.0691.